The second-order valence-electron chi connectivity index (χ2n) is 10.3. The Morgan fingerprint density at radius 1 is 0.864 bits per heavy atom. The minimum Gasteiger partial charge on any atom is -0.461 e. The number of esters is 3. The van der Waals surface area contributed by atoms with Crippen molar-refractivity contribution < 1.29 is 37.7 Å². The van der Waals surface area contributed by atoms with Crippen molar-refractivity contribution in [2.45, 2.75) is 25.4 Å². The Morgan fingerprint density at radius 3 is 1.91 bits per heavy atom. The molecule has 226 valence electrons. The molecule has 2 N–H and O–H groups in total. The Bertz CT molecular complexity index is 1700. The molecule has 0 aliphatic carbocycles. The van der Waals surface area contributed by atoms with Gasteiger partial charge in [-0.15, -0.1) is 0 Å². The van der Waals surface area contributed by atoms with Crippen molar-refractivity contribution in [3.05, 3.63) is 130 Å². The van der Waals surface area contributed by atoms with E-state index in [1.165, 1.54) is 12.1 Å². The molecule has 1 fully saturated rings. The van der Waals surface area contributed by atoms with E-state index in [-0.39, 0.29) is 16.7 Å². The summed E-state index contributed by atoms with van der Waals surface area (Å²) in [6, 6.07) is 24.4. The smallest absolute Gasteiger partial charge is 0.351 e. The fraction of sp³-hybridized carbons (Fsp3) is 0.219. The van der Waals surface area contributed by atoms with Crippen LogP contribution in [0, 0.1) is 11.2 Å². The molecule has 1 aromatic heterocycles. The van der Waals surface area contributed by atoms with Crippen LogP contribution in [0.3, 0.4) is 0 Å². The van der Waals surface area contributed by atoms with Crippen molar-refractivity contribution in [1.82, 2.24) is 9.55 Å². The van der Waals surface area contributed by atoms with Gasteiger partial charge in [0.1, 0.15) is 19.3 Å². The predicted octanol–water partition coefficient (Wildman–Crippen LogP) is 3.81. The molecule has 0 saturated carbocycles. The summed E-state index contributed by atoms with van der Waals surface area (Å²) in [5.41, 5.74) is 3.78. The van der Waals surface area contributed by atoms with Gasteiger partial charge in [0, 0.05) is 0 Å². The summed E-state index contributed by atoms with van der Waals surface area (Å²) in [7, 11) is 0. The second-order valence-corrected chi connectivity index (χ2v) is 10.3. The topological polar surface area (TPSA) is 149 Å². The lowest BCUT2D eigenvalue weighted by molar-refractivity contribution is -0.0653. The SMILES string of the molecule is CC1(COC(=O)c2ccccc2)C(COC(=O)c2ccccc2)OC(n2cc(F)c(N)nc2=O)C1OC(=O)c1ccccc1. The van der Waals surface area contributed by atoms with E-state index in [9.17, 15) is 23.6 Å². The third kappa shape index (κ3) is 6.35. The van der Waals surface area contributed by atoms with Gasteiger partial charge in [-0.25, -0.2) is 23.6 Å². The molecule has 4 aromatic rings. The molecule has 1 aliphatic heterocycles. The highest BCUT2D eigenvalue weighted by atomic mass is 19.1. The highest BCUT2D eigenvalue weighted by Crippen LogP contribution is 2.46. The number of aromatic nitrogens is 2. The number of hydrogen-bond donors (Lipinski definition) is 1. The molecule has 1 saturated heterocycles. The van der Waals surface area contributed by atoms with Crippen molar-refractivity contribution in [3.8, 4) is 0 Å². The van der Waals surface area contributed by atoms with E-state index in [4.69, 9.17) is 24.7 Å². The summed E-state index contributed by atoms with van der Waals surface area (Å²) in [6.45, 7) is 0.779. The van der Waals surface area contributed by atoms with Gasteiger partial charge in [-0.05, 0) is 43.3 Å². The Labute approximate surface area is 251 Å². The van der Waals surface area contributed by atoms with Gasteiger partial charge in [0.05, 0.1) is 28.3 Å². The van der Waals surface area contributed by atoms with E-state index in [1.807, 2.05) is 0 Å². The van der Waals surface area contributed by atoms with Crippen LogP contribution in [-0.4, -0.2) is 52.9 Å². The van der Waals surface area contributed by atoms with Gasteiger partial charge in [-0.3, -0.25) is 4.57 Å². The number of rotatable bonds is 9. The zero-order valence-corrected chi connectivity index (χ0v) is 23.5. The van der Waals surface area contributed by atoms with Crippen molar-refractivity contribution in [1.29, 1.82) is 0 Å². The maximum atomic E-state index is 14.6. The fourth-order valence-corrected chi connectivity index (χ4v) is 4.80. The number of benzene rings is 3. The molecular formula is C32H28FN3O8. The minimum atomic E-state index is -1.47. The number of hydrogen-bond acceptors (Lipinski definition) is 10. The number of nitrogens with two attached hydrogens (primary N) is 1. The molecule has 4 unspecified atom stereocenters. The third-order valence-electron chi connectivity index (χ3n) is 7.30. The molecule has 1 aliphatic rings. The van der Waals surface area contributed by atoms with Crippen molar-refractivity contribution >= 4 is 23.7 Å². The Balaban J connectivity index is 1.52. The molecule has 11 nitrogen and oxygen atoms in total. The summed E-state index contributed by atoms with van der Waals surface area (Å²) >= 11 is 0. The number of halogens is 1. The van der Waals surface area contributed by atoms with Gasteiger partial charge >= 0.3 is 23.6 Å². The van der Waals surface area contributed by atoms with Crippen LogP contribution >= 0.6 is 0 Å². The van der Waals surface area contributed by atoms with E-state index in [2.05, 4.69) is 4.98 Å². The van der Waals surface area contributed by atoms with Crippen LogP contribution in [0.25, 0.3) is 0 Å². The summed E-state index contributed by atoms with van der Waals surface area (Å²) in [6.07, 6.45) is -3.18. The molecule has 12 heteroatoms. The van der Waals surface area contributed by atoms with E-state index >= 15 is 0 Å². The first-order valence-corrected chi connectivity index (χ1v) is 13.6. The summed E-state index contributed by atoms with van der Waals surface area (Å²) in [4.78, 5) is 55.5. The second kappa shape index (κ2) is 12.9. The Hall–Kier alpha value is -5.36. The molecule has 4 atom stereocenters. The van der Waals surface area contributed by atoms with Gasteiger partial charge < -0.3 is 24.7 Å². The van der Waals surface area contributed by atoms with Gasteiger partial charge in [-0.1, -0.05) is 54.6 Å². The lowest BCUT2D eigenvalue weighted by atomic mass is 9.81. The maximum absolute atomic E-state index is 14.6. The summed E-state index contributed by atoms with van der Waals surface area (Å²) < 4.78 is 38.7. The number of anilines is 1. The fourth-order valence-electron chi connectivity index (χ4n) is 4.80. The monoisotopic (exact) mass is 601 g/mol. The number of carbonyl (C=O) groups excluding carboxylic acids is 3. The standard InChI is InChI=1S/C32H28FN3O8/c1-32(19-42-29(38)21-13-7-3-8-14-21)24(18-41-28(37)20-11-5-2-6-12-20)43-27(36-17-23(33)26(34)35-31(36)40)25(32)44-30(39)22-15-9-4-10-16-22/h2-17,24-25,27H,18-19H2,1H3,(H2,34,35,40). The van der Waals surface area contributed by atoms with Crippen LogP contribution in [0.2, 0.25) is 0 Å². The zero-order chi connectivity index (χ0) is 31.3. The van der Waals surface area contributed by atoms with Crippen molar-refractivity contribution in [2.24, 2.45) is 5.41 Å². The number of carbonyl (C=O) groups is 3. The minimum absolute atomic E-state index is 0.183. The average Bonchev–Trinajstić information content (AvgIpc) is 3.32. The van der Waals surface area contributed by atoms with Gasteiger partial charge in [-0.2, -0.15) is 4.98 Å². The quantitative estimate of drug-likeness (QED) is 0.222. The normalized spacial score (nSPS) is 20.9. The predicted molar refractivity (Wildman–Crippen MR) is 154 cm³/mol. The van der Waals surface area contributed by atoms with Gasteiger partial charge in [0.25, 0.3) is 0 Å². The first-order chi connectivity index (χ1) is 21.2. The van der Waals surface area contributed by atoms with E-state index in [0.29, 0.717) is 0 Å². The first-order valence-electron chi connectivity index (χ1n) is 13.6. The maximum Gasteiger partial charge on any atom is 0.351 e. The molecule has 5 rings (SSSR count). The molecule has 2 heterocycles. The zero-order valence-electron chi connectivity index (χ0n) is 23.5. The van der Waals surface area contributed by atoms with Crippen LogP contribution in [0.5, 0.6) is 0 Å². The van der Waals surface area contributed by atoms with E-state index in [1.54, 1.807) is 85.8 Å². The molecule has 0 bridgehead atoms. The van der Waals surface area contributed by atoms with Gasteiger partial charge in [0.2, 0.25) is 0 Å². The Morgan fingerprint density at radius 2 is 1.36 bits per heavy atom. The molecule has 0 radical (unpaired) electrons. The third-order valence-corrected chi connectivity index (χ3v) is 7.30. The van der Waals surface area contributed by atoms with Crippen LogP contribution in [0.4, 0.5) is 10.2 Å². The highest BCUT2D eigenvalue weighted by Gasteiger charge is 2.58. The molecule has 0 spiro atoms. The molecule has 0 amide bonds. The number of nitrogens with zero attached hydrogens (tertiary/aromatic N) is 2. The van der Waals surface area contributed by atoms with E-state index < -0.39 is 72.3 Å². The van der Waals surface area contributed by atoms with E-state index in [0.717, 1.165) is 10.8 Å². The summed E-state index contributed by atoms with van der Waals surface area (Å²) in [5, 5.41) is 0. The number of ether oxygens (including phenoxy) is 4. The van der Waals surface area contributed by atoms with Crippen LogP contribution in [0.1, 0.15) is 44.2 Å². The molecule has 44 heavy (non-hydrogen) atoms. The number of nitrogen functional groups attached to an aromatic ring is 1. The van der Waals surface area contributed by atoms with Gasteiger partial charge in [0.15, 0.2) is 24.0 Å². The Kier molecular flexibility index (Phi) is 8.81. The summed E-state index contributed by atoms with van der Waals surface area (Å²) in [5.74, 6) is -3.78. The van der Waals surface area contributed by atoms with Crippen molar-refractivity contribution in [2.75, 3.05) is 18.9 Å². The largest absolute Gasteiger partial charge is 0.461 e. The van der Waals surface area contributed by atoms with Crippen LogP contribution in [-0.2, 0) is 18.9 Å². The first kappa shape index (κ1) is 30.1. The van der Waals surface area contributed by atoms with Crippen LogP contribution < -0.4 is 11.4 Å². The highest BCUT2D eigenvalue weighted by molar-refractivity contribution is 5.90. The van der Waals surface area contributed by atoms with Crippen molar-refractivity contribution in [3.63, 3.8) is 0 Å². The van der Waals surface area contributed by atoms with Crippen LogP contribution in [0.15, 0.2) is 102 Å². The average molecular weight is 602 g/mol. The molecule has 3 aromatic carbocycles. The lowest BCUT2D eigenvalue weighted by Gasteiger charge is -2.34. The molecular weight excluding hydrogens is 573 g/mol. The lowest BCUT2D eigenvalue weighted by Crippen LogP contribution is -2.47.